The number of hydrogen-bond donors (Lipinski definition) is 3. The molecule has 3 N–H and O–H groups in total. The first-order chi connectivity index (χ1) is 9.27. The molecular formula is C12H12F4N2O2. The number of halogens is 4. The van der Waals surface area contributed by atoms with Gasteiger partial charge in [0.25, 0.3) is 0 Å². The maximum atomic E-state index is 13.1. The molecule has 0 saturated carbocycles. The highest BCUT2D eigenvalue weighted by Gasteiger charge is 2.34. The van der Waals surface area contributed by atoms with Crippen molar-refractivity contribution in [2.45, 2.75) is 24.7 Å². The van der Waals surface area contributed by atoms with Gasteiger partial charge in [0.2, 0.25) is 5.91 Å². The van der Waals surface area contributed by atoms with Gasteiger partial charge in [-0.1, -0.05) is 0 Å². The van der Waals surface area contributed by atoms with Gasteiger partial charge in [-0.05, 0) is 24.6 Å². The molecule has 0 spiro atoms. The fourth-order valence-corrected chi connectivity index (χ4v) is 1.97. The van der Waals surface area contributed by atoms with Crippen LogP contribution in [0.15, 0.2) is 18.2 Å². The standard InChI is InChI=1S/C12H12F4N2O2/c13-9-2-1-6(3-8(9)12(14,15)16)18-11(20)10-4-7(19)5-17-10/h1-3,7,10,17,19H,4-5H2,(H,18,20). The van der Waals surface area contributed by atoms with E-state index in [4.69, 9.17) is 0 Å². The summed E-state index contributed by atoms with van der Waals surface area (Å²) in [5.41, 5.74) is -1.58. The Kier molecular flexibility index (Phi) is 3.96. The van der Waals surface area contributed by atoms with Gasteiger partial charge < -0.3 is 15.7 Å². The molecule has 4 nitrogen and oxygen atoms in total. The molecule has 1 aliphatic rings. The van der Waals surface area contributed by atoms with Crippen LogP contribution in [0.1, 0.15) is 12.0 Å². The zero-order valence-electron chi connectivity index (χ0n) is 10.2. The highest BCUT2D eigenvalue weighted by molar-refractivity contribution is 5.95. The van der Waals surface area contributed by atoms with Crippen LogP contribution in [0.5, 0.6) is 0 Å². The summed E-state index contributed by atoms with van der Waals surface area (Å²) in [6.45, 7) is 0.245. The van der Waals surface area contributed by atoms with Crippen LogP contribution in [0.4, 0.5) is 23.2 Å². The highest BCUT2D eigenvalue weighted by Crippen LogP contribution is 2.33. The summed E-state index contributed by atoms with van der Waals surface area (Å²) in [6.07, 6.45) is -5.31. The molecule has 1 fully saturated rings. The van der Waals surface area contributed by atoms with Crippen molar-refractivity contribution in [3.8, 4) is 0 Å². The SMILES string of the molecule is O=C(Nc1ccc(F)c(C(F)(F)F)c1)C1CC(O)CN1. The van der Waals surface area contributed by atoms with E-state index in [1.807, 2.05) is 0 Å². The highest BCUT2D eigenvalue weighted by atomic mass is 19.4. The lowest BCUT2D eigenvalue weighted by Gasteiger charge is -2.13. The van der Waals surface area contributed by atoms with Crippen molar-refractivity contribution in [1.82, 2.24) is 5.32 Å². The average molecular weight is 292 g/mol. The Morgan fingerprint density at radius 2 is 2.10 bits per heavy atom. The van der Waals surface area contributed by atoms with E-state index in [-0.39, 0.29) is 18.7 Å². The minimum Gasteiger partial charge on any atom is -0.392 e. The maximum Gasteiger partial charge on any atom is 0.419 e. The number of alkyl halides is 3. The molecule has 0 aliphatic carbocycles. The number of benzene rings is 1. The topological polar surface area (TPSA) is 61.4 Å². The van der Waals surface area contributed by atoms with E-state index in [9.17, 15) is 27.5 Å². The summed E-state index contributed by atoms with van der Waals surface area (Å²) in [6, 6.07) is 1.56. The summed E-state index contributed by atoms with van der Waals surface area (Å²) in [5.74, 6) is -1.97. The summed E-state index contributed by atoms with van der Waals surface area (Å²) >= 11 is 0. The van der Waals surface area contributed by atoms with Crippen LogP contribution in [-0.4, -0.2) is 29.7 Å². The minimum absolute atomic E-state index is 0.146. The Morgan fingerprint density at radius 3 is 2.65 bits per heavy atom. The first-order valence-corrected chi connectivity index (χ1v) is 5.86. The van der Waals surface area contributed by atoms with Gasteiger partial charge in [0.15, 0.2) is 0 Å². The van der Waals surface area contributed by atoms with Crippen LogP contribution < -0.4 is 10.6 Å². The summed E-state index contributed by atoms with van der Waals surface area (Å²) in [5, 5.41) is 14.3. The number of carbonyl (C=O) groups is 1. The van der Waals surface area contributed by atoms with Crippen molar-refractivity contribution in [3.05, 3.63) is 29.6 Å². The molecular weight excluding hydrogens is 280 g/mol. The van der Waals surface area contributed by atoms with Gasteiger partial charge in [-0.15, -0.1) is 0 Å². The number of aliphatic hydroxyl groups excluding tert-OH is 1. The van der Waals surface area contributed by atoms with Crippen molar-refractivity contribution in [3.63, 3.8) is 0 Å². The Labute approximate surface area is 111 Å². The lowest BCUT2D eigenvalue weighted by Crippen LogP contribution is -2.35. The predicted molar refractivity (Wildman–Crippen MR) is 62.4 cm³/mol. The van der Waals surface area contributed by atoms with Crippen molar-refractivity contribution < 1.29 is 27.5 Å². The first kappa shape index (κ1) is 14.7. The van der Waals surface area contributed by atoms with Gasteiger partial charge in [0.1, 0.15) is 5.82 Å². The van der Waals surface area contributed by atoms with Crippen LogP contribution >= 0.6 is 0 Å². The van der Waals surface area contributed by atoms with E-state index in [2.05, 4.69) is 10.6 Å². The number of carbonyl (C=O) groups excluding carboxylic acids is 1. The van der Waals surface area contributed by atoms with Crippen LogP contribution in [0.25, 0.3) is 0 Å². The molecule has 2 rings (SSSR count). The molecule has 1 aromatic rings. The summed E-state index contributed by atoms with van der Waals surface area (Å²) < 4.78 is 50.6. The van der Waals surface area contributed by atoms with Crippen molar-refractivity contribution in [2.75, 3.05) is 11.9 Å². The first-order valence-electron chi connectivity index (χ1n) is 5.86. The lowest BCUT2D eigenvalue weighted by molar-refractivity contribution is -0.140. The predicted octanol–water partition coefficient (Wildman–Crippen LogP) is 1.51. The van der Waals surface area contributed by atoms with E-state index in [0.29, 0.717) is 12.1 Å². The molecule has 20 heavy (non-hydrogen) atoms. The third-order valence-corrected chi connectivity index (χ3v) is 2.96. The molecule has 110 valence electrons. The van der Waals surface area contributed by atoms with E-state index < -0.39 is 35.6 Å². The smallest absolute Gasteiger partial charge is 0.392 e. The van der Waals surface area contributed by atoms with Crippen molar-refractivity contribution >= 4 is 11.6 Å². The van der Waals surface area contributed by atoms with E-state index in [0.717, 1.165) is 6.07 Å². The van der Waals surface area contributed by atoms with Crippen molar-refractivity contribution in [2.24, 2.45) is 0 Å². The molecule has 1 saturated heterocycles. The number of aliphatic hydroxyl groups is 1. The van der Waals surface area contributed by atoms with Crippen LogP contribution in [0.3, 0.4) is 0 Å². The van der Waals surface area contributed by atoms with E-state index >= 15 is 0 Å². The Bertz CT molecular complexity index is 519. The molecule has 1 aliphatic heterocycles. The monoisotopic (exact) mass is 292 g/mol. The van der Waals surface area contributed by atoms with Gasteiger partial charge in [-0.25, -0.2) is 4.39 Å². The molecule has 2 unspecified atom stereocenters. The average Bonchev–Trinajstić information content (AvgIpc) is 2.77. The second-order valence-corrected chi connectivity index (χ2v) is 4.53. The molecule has 0 radical (unpaired) electrons. The van der Waals surface area contributed by atoms with Gasteiger partial charge in [-0.2, -0.15) is 13.2 Å². The third kappa shape index (κ3) is 3.26. The molecule has 0 aromatic heterocycles. The quantitative estimate of drug-likeness (QED) is 0.724. The zero-order valence-corrected chi connectivity index (χ0v) is 10.2. The van der Waals surface area contributed by atoms with Crippen LogP contribution in [0.2, 0.25) is 0 Å². The number of hydrogen-bond acceptors (Lipinski definition) is 3. The van der Waals surface area contributed by atoms with E-state index in [1.54, 1.807) is 0 Å². The van der Waals surface area contributed by atoms with Crippen molar-refractivity contribution in [1.29, 1.82) is 0 Å². The van der Waals surface area contributed by atoms with Gasteiger partial charge in [-0.3, -0.25) is 4.79 Å². The molecule has 1 heterocycles. The fourth-order valence-electron chi connectivity index (χ4n) is 1.97. The van der Waals surface area contributed by atoms with Gasteiger partial charge in [0.05, 0.1) is 17.7 Å². The van der Waals surface area contributed by atoms with Crippen LogP contribution in [0, 0.1) is 5.82 Å². The number of β-amino-alcohol motifs (C(OH)–C–C–N with tert-alkyl or cyclic N) is 1. The Balaban J connectivity index is 2.12. The minimum atomic E-state index is -4.83. The molecule has 1 aromatic carbocycles. The molecule has 1 amide bonds. The second-order valence-electron chi connectivity index (χ2n) is 4.53. The lowest BCUT2D eigenvalue weighted by atomic mass is 10.1. The molecule has 8 heteroatoms. The van der Waals surface area contributed by atoms with Gasteiger partial charge >= 0.3 is 6.18 Å². The number of rotatable bonds is 2. The second kappa shape index (κ2) is 5.37. The summed E-state index contributed by atoms with van der Waals surface area (Å²) in [7, 11) is 0. The number of amides is 1. The van der Waals surface area contributed by atoms with Gasteiger partial charge in [0, 0.05) is 12.2 Å². The van der Waals surface area contributed by atoms with E-state index in [1.165, 1.54) is 0 Å². The number of anilines is 1. The zero-order chi connectivity index (χ0) is 14.9. The number of nitrogens with one attached hydrogen (secondary N) is 2. The Hall–Kier alpha value is -1.67. The largest absolute Gasteiger partial charge is 0.419 e. The molecule has 0 bridgehead atoms. The summed E-state index contributed by atoms with van der Waals surface area (Å²) in [4.78, 5) is 11.7. The normalized spacial score (nSPS) is 22.9. The fraction of sp³-hybridized carbons (Fsp3) is 0.417. The molecule has 2 atom stereocenters. The third-order valence-electron chi connectivity index (χ3n) is 2.96. The van der Waals surface area contributed by atoms with Crippen LogP contribution in [-0.2, 0) is 11.0 Å². The maximum absolute atomic E-state index is 13.1. The Morgan fingerprint density at radius 1 is 1.40 bits per heavy atom.